The molecule has 0 fully saturated rings. The Labute approximate surface area is 144 Å². The lowest BCUT2D eigenvalue weighted by molar-refractivity contribution is -0.162. The summed E-state index contributed by atoms with van der Waals surface area (Å²) in [7, 11) is 1.57. The van der Waals surface area contributed by atoms with Crippen molar-refractivity contribution >= 4 is 29.2 Å². The van der Waals surface area contributed by atoms with Crippen LogP contribution in [0.3, 0.4) is 0 Å². The van der Waals surface area contributed by atoms with Gasteiger partial charge in [-0.1, -0.05) is 23.4 Å². The van der Waals surface area contributed by atoms with E-state index in [2.05, 4.69) is 5.16 Å². The molecule has 0 N–H and O–H groups in total. The van der Waals surface area contributed by atoms with Crippen molar-refractivity contribution in [1.82, 2.24) is 0 Å². The maximum absolute atomic E-state index is 13.0. The molecule has 1 spiro atoms. The fraction of sp³-hybridized carbons (Fsp3) is 0.412. The number of carbonyl (C=O) groups is 3. The molecule has 2 aliphatic heterocycles. The molecular formula is C17H18N2O6. The van der Waals surface area contributed by atoms with Crippen LogP contribution in [0.2, 0.25) is 0 Å². The van der Waals surface area contributed by atoms with Gasteiger partial charge in [-0.2, -0.15) is 0 Å². The Bertz CT molecular complexity index is 774. The Balaban J connectivity index is 2.14. The largest absolute Gasteiger partial charge is 0.465 e. The molecule has 1 amide bonds. The van der Waals surface area contributed by atoms with Crippen LogP contribution in [-0.4, -0.2) is 43.8 Å². The van der Waals surface area contributed by atoms with Gasteiger partial charge >= 0.3 is 11.9 Å². The number of likely N-dealkylation sites (N-methyl/N-ethyl adjacent to an activating group) is 1. The van der Waals surface area contributed by atoms with Gasteiger partial charge in [-0.3, -0.25) is 9.59 Å². The quantitative estimate of drug-likeness (QED) is 0.755. The number of oxime groups is 1. The van der Waals surface area contributed by atoms with E-state index in [0.717, 1.165) is 0 Å². The first-order valence-electron chi connectivity index (χ1n) is 7.96. The Morgan fingerprint density at radius 3 is 2.60 bits per heavy atom. The first-order chi connectivity index (χ1) is 12.0. The minimum Gasteiger partial charge on any atom is -0.465 e. The van der Waals surface area contributed by atoms with Crippen molar-refractivity contribution in [1.29, 1.82) is 0 Å². The fourth-order valence-corrected chi connectivity index (χ4v) is 3.20. The summed E-state index contributed by atoms with van der Waals surface area (Å²) in [6, 6.07) is 6.90. The van der Waals surface area contributed by atoms with Crippen LogP contribution < -0.4 is 4.90 Å². The summed E-state index contributed by atoms with van der Waals surface area (Å²) in [6.45, 7) is 3.46. The molecule has 3 rings (SSSR count). The van der Waals surface area contributed by atoms with Gasteiger partial charge in [0.15, 0.2) is 11.6 Å². The lowest BCUT2D eigenvalue weighted by Crippen LogP contribution is -2.50. The molecule has 2 atom stereocenters. The van der Waals surface area contributed by atoms with Gasteiger partial charge in [-0.25, -0.2) is 4.79 Å². The molecular weight excluding hydrogens is 328 g/mol. The Morgan fingerprint density at radius 2 is 1.92 bits per heavy atom. The number of hydrogen-bond acceptors (Lipinski definition) is 7. The van der Waals surface area contributed by atoms with Crippen molar-refractivity contribution in [2.24, 2.45) is 11.1 Å². The van der Waals surface area contributed by atoms with Gasteiger partial charge in [0.2, 0.25) is 0 Å². The summed E-state index contributed by atoms with van der Waals surface area (Å²) < 4.78 is 10.0. The molecule has 132 valence electrons. The van der Waals surface area contributed by atoms with E-state index in [0.29, 0.717) is 11.3 Å². The predicted molar refractivity (Wildman–Crippen MR) is 86.8 cm³/mol. The van der Waals surface area contributed by atoms with Crippen LogP contribution in [0.25, 0.3) is 0 Å². The maximum atomic E-state index is 13.0. The Kier molecular flexibility index (Phi) is 4.20. The topological polar surface area (TPSA) is 94.5 Å². The van der Waals surface area contributed by atoms with Crippen LogP contribution in [0.4, 0.5) is 5.69 Å². The Morgan fingerprint density at radius 1 is 1.24 bits per heavy atom. The van der Waals surface area contributed by atoms with Crippen molar-refractivity contribution in [3.05, 3.63) is 29.8 Å². The molecule has 0 saturated carbocycles. The Hall–Kier alpha value is -2.90. The van der Waals surface area contributed by atoms with Gasteiger partial charge in [0.05, 0.1) is 18.9 Å². The van der Waals surface area contributed by atoms with Crippen molar-refractivity contribution < 1.29 is 28.7 Å². The number of carbonyl (C=O) groups excluding carboxylic acids is 3. The predicted octanol–water partition coefficient (Wildman–Crippen LogP) is 0.987. The molecule has 0 bridgehead atoms. The number of ether oxygens (including phenoxy) is 2. The standard InChI is InChI=1S/C17H18N2O6/c1-4-23-14(20)12-13(15(21)24-5-2)18-25-17(12)10-8-6-7-9-11(10)19(3)16(17)22/h6-9,12H,4-5H2,1-3H3/t12-,17+/m0/s1. The zero-order chi connectivity index (χ0) is 18.2. The molecule has 2 heterocycles. The molecule has 0 unspecified atom stereocenters. The third-order valence-electron chi connectivity index (χ3n) is 4.26. The second-order valence-corrected chi connectivity index (χ2v) is 5.59. The number of benzene rings is 1. The van der Waals surface area contributed by atoms with E-state index in [1.807, 2.05) is 0 Å². The summed E-state index contributed by atoms with van der Waals surface area (Å²) in [4.78, 5) is 44.7. The molecule has 8 heteroatoms. The second-order valence-electron chi connectivity index (χ2n) is 5.59. The number of anilines is 1. The number of fused-ring (bicyclic) bond motifs is 2. The normalized spacial score (nSPS) is 24.0. The van der Waals surface area contributed by atoms with E-state index >= 15 is 0 Å². The highest BCUT2D eigenvalue weighted by Crippen LogP contribution is 2.50. The minimum absolute atomic E-state index is 0.0905. The molecule has 0 aromatic heterocycles. The SMILES string of the molecule is CCOC(=O)C1=NO[C@@]2(C(=O)N(C)c3ccccc32)[C@@H]1C(=O)OCC. The number of para-hydroxylation sites is 1. The average Bonchev–Trinajstić information content (AvgIpc) is 3.10. The summed E-state index contributed by atoms with van der Waals surface area (Å²) in [5.74, 6) is -3.39. The molecule has 0 aliphatic carbocycles. The highest BCUT2D eigenvalue weighted by molar-refractivity contribution is 6.42. The fourth-order valence-electron chi connectivity index (χ4n) is 3.20. The third kappa shape index (κ3) is 2.28. The molecule has 0 radical (unpaired) electrons. The van der Waals surface area contributed by atoms with Crippen LogP contribution in [0.15, 0.2) is 29.4 Å². The highest BCUT2D eigenvalue weighted by Gasteiger charge is 2.67. The van der Waals surface area contributed by atoms with Gasteiger partial charge in [-0.15, -0.1) is 0 Å². The number of nitrogens with zero attached hydrogens (tertiary/aromatic N) is 2. The lowest BCUT2D eigenvalue weighted by Gasteiger charge is -2.26. The van der Waals surface area contributed by atoms with E-state index in [9.17, 15) is 14.4 Å². The summed E-state index contributed by atoms with van der Waals surface area (Å²) >= 11 is 0. The zero-order valence-electron chi connectivity index (χ0n) is 14.1. The van der Waals surface area contributed by atoms with E-state index < -0.39 is 29.4 Å². The summed E-state index contributed by atoms with van der Waals surface area (Å²) in [6.07, 6.45) is 0. The number of amides is 1. The van der Waals surface area contributed by atoms with Crippen molar-refractivity contribution in [3.8, 4) is 0 Å². The van der Waals surface area contributed by atoms with Crippen molar-refractivity contribution in [3.63, 3.8) is 0 Å². The zero-order valence-corrected chi connectivity index (χ0v) is 14.1. The van der Waals surface area contributed by atoms with Crippen LogP contribution in [0.5, 0.6) is 0 Å². The van der Waals surface area contributed by atoms with Gasteiger partial charge in [0, 0.05) is 12.6 Å². The third-order valence-corrected chi connectivity index (χ3v) is 4.26. The van der Waals surface area contributed by atoms with Crippen LogP contribution in [-0.2, 0) is 34.3 Å². The van der Waals surface area contributed by atoms with Crippen LogP contribution >= 0.6 is 0 Å². The summed E-state index contributed by atoms with van der Waals surface area (Å²) in [5, 5.41) is 3.75. The average molecular weight is 346 g/mol. The van der Waals surface area contributed by atoms with E-state index in [4.69, 9.17) is 14.3 Å². The molecule has 8 nitrogen and oxygen atoms in total. The maximum Gasteiger partial charge on any atom is 0.357 e. The first-order valence-corrected chi connectivity index (χ1v) is 7.96. The molecule has 1 aromatic carbocycles. The second kappa shape index (κ2) is 6.19. The van der Waals surface area contributed by atoms with Crippen LogP contribution in [0, 0.1) is 5.92 Å². The number of hydrogen-bond donors (Lipinski definition) is 0. The van der Waals surface area contributed by atoms with E-state index in [1.165, 1.54) is 4.90 Å². The molecule has 1 aromatic rings. The van der Waals surface area contributed by atoms with Gasteiger partial charge in [-0.05, 0) is 19.9 Å². The highest BCUT2D eigenvalue weighted by atomic mass is 16.7. The first kappa shape index (κ1) is 16.9. The van der Waals surface area contributed by atoms with Gasteiger partial charge < -0.3 is 19.2 Å². The van der Waals surface area contributed by atoms with E-state index in [1.54, 1.807) is 45.2 Å². The van der Waals surface area contributed by atoms with Gasteiger partial charge in [0.1, 0.15) is 0 Å². The molecule has 2 aliphatic rings. The van der Waals surface area contributed by atoms with E-state index in [-0.39, 0.29) is 18.9 Å². The lowest BCUT2D eigenvalue weighted by atomic mass is 9.79. The van der Waals surface area contributed by atoms with Crippen molar-refractivity contribution in [2.45, 2.75) is 19.4 Å². The smallest absolute Gasteiger partial charge is 0.357 e. The molecule has 25 heavy (non-hydrogen) atoms. The van der Waals surface area contributed by atoms with Gasteiger partial charge in [0.25, 0.3) is 11.5 Å². The number of rotatable bonds is 4. The monoisotopic (exact) mass is 346 g/mol. The molecule has 0 saturated heterocycles. The minimum atomic E-state index is -1.75. The van der Waals surface area contributed by atoms with Crippen molar-refractivity contribution in [2.75, 3.05) is 25.2 Å². The number of esters is 2. The summed E-state index contributed by atoms with van der Waals surface area (Å²) in [5.41, 5.74) is -0.968. The van der Waals surface area contributed by atoms with Crippen LogP contribution in [0.1, 0.15) is 19.4 Å².